The molecule has 0 aliphatic carbocycles. The Bertz CT molecular complexity index is 955. The Morgan fingerprint density at radius 3 is 2.44 bits per heavy atom. The van der Waals surface area contributed by atoms with Crippen LogP contribution in [0.4, 0.5) is 0 Å². The van der Waals surface area contributed by atoms with Crippen LogP contribution in [0.3, 0.4) is 0 Å². The molecule has 0 fully saturated rings. The van der Waals surface area contributed by atoms with E-state index in [1.807, 2.05) is 49.4 Å². The van der Waals surface area contributed by atoms with Gasteiger partial charge in [-0.25, -0.2) is 5.06 Å². The highest BCUT2D eigenvalue weighted by molar-refractivity contribution is 5.97. The summed E-state index contributed by atoms with van der Waals surface area (Å²) in [5, 5.41) is 10.8. The molecule has 0 bridgehead atoms. The molecule has 2 aromatic carbocycles. The van der Waals surface area contributed by atoms with Crippen LogP contribution in [0.2, 0.25) is 0 Å². The SMILES string of the molecule is CCC(=O)c1cccc(-c2ccnc(C(=O)N(O)Cc3ccccc3)c2)c1. The molecular formula is C22H20N2O3. The van der Waals surface area contributed by atoms with Crippen molar-refractivity contribution in [3.05, 3.63) is 89.7 Å². The maximum Gasteiger partial charge on any atom is 0.296 e. The fourth-order valence-electron chi connectivity index (χ4n) is 2.76. The molecule has 0 saturated carbocycles. The van der Waals surface area contributed by atoms with Gasteiger partial charge in [-0.1, -0.05) is 55.5 Å². The summed E-state index contributed by atoms with van der Waals surface area (Å²) in [5.41, 5.74) is 3.16. The third-order valence-electron chi connectivity index (χ3n) is 4.23. The van der Waals surface area contributed by atoms with Gasteiger partial charge in [-0.15, -0.1) is 0 Å². The predicted molar refractivity (Wildman–Crippen MR) is 102 cm³/mol. The summed E-state index contributed by atoms with van der Waals surface area (Å²) in [6, 6.07) is 19.9. The Kier molecular flexibility index (Phi) is 5.74. The van der Waals surface area contributed by atoms with Crippen molar-refractivity contribution < 1.29 is 14.8 Å². The van der Waals surface area contributed by atoms with Crippen molar-refractivity contribution in [2.24, 2.45) is 0 Å². The van der Waals surface area contributed by atoms with E-state index in [4.69, 9.17) is 0 Å². The number of carbonyl (C=O) groups is 2. The number of hydrogen-bond donors (Lipinski definition) is 1. The number of nitrogens with zero attached hydrogens (tertiary/aromatic N) is 2. The molecule has 27 heavy (non-hydrogen) atoms. The van der Waals surface area contributed by atoms with Gasteiger partial charge in [0, 0.05) is 18.2 Å². The number of hydrogen-bond acceptors (Lipinski definition) is 4. The molecule has 0 saturated heterocycles. The van der Waals surface area contributed by atoms with Gasteiger partial charge < -0.3 is 0 Å². The second kappa shape index (κ2) is 8.38. The Morgan fingerprint density at radius 2 is 1.70 bits per heavy atom. The van der Waals surface area contributed by atoms with E-state index < -0.39 is 5.91 Å². The van der Waals surface area contributed by atoms with Crippen LogP contribution in [0, 0.1) is 0 Å². The van der Waals surface area contributed by atoms with Crippen LogP contribution >= 0.6 is 0 Å². The van der Waals surface area contributed by atoms with Gasteiger partial charge in [-0.2, -0.15) is 0 Å². The molecule has 0 radical (unpaired) electrons. The Balaban J connectivity index is 1.83. The number of rotatable bonds is 6. The first-order valence-electron chi connectivity index (χ1n) is 8.73. The van der Waals surface area contributed by atoms with Crippen LogP contribution in [-0.2, 0) is 6.54 Å². The number of carbonyl (C=O) groups excluding carboxylic acids is 2. The quantitative estimate of drug-likeness (QED) is 0.402. The minimum absolute atomic E-state index is 0.0617. The standard InChI is InChI=1S/C22H20N2O3/c1-2-21(25)19-10-6-9-17(13-19)18-11-12-23-20(14-18)22(26)24(27)15-16-7-4-3-5-8-16/h3-14,27H,2,15H2,1H3. The van der Waals surface area contributed by atoms with E-state index in [1.165, 1.54) is 6.20 Å². The van der Waals surface area contributed by atoms with Crippen molar-refractivity contribution in [3.63, 3.8) is 0 Å². The number of ketones is 1. The first-order chi connectivity index (χ1) is 13.1. The normalized spacial score (nSPS) is 10.4. The minimum atomic E-state index is -0.582. The molecule has 1 amide bonds. The maximum absolute atomic E-state index is 12.5. The van der Waals surface area contributed by atoms with Crippen LogP contribution < -0.4 is 0 Å². The molecule has 0 atom stereocenters. The zero-order valence-electron chi connectivity index (χ0n) is 15.0. The van der Waals surface area contributed by atoms with E-state index in [0.717, 1.165) is 16.7 Å². The van der Waals surface area contributed by atoms with Gasteiger partial charge in [0.15, 0.2) is 5.78 Å². The van der Waals surface area contributed by atoms with Crippen molar-refractivity contribution in [3.8, 4) is 11.1 Å². The second-order valence-electron chi connectivity index (χ2n) is 6.14. The molecule has 1 heterocycles. The molecule has 1 N–H and O–H groups in total. The monoisotopic (exact) mass is 360 g/mol. The van der Waals surface area contributed by atoms with Crippen LogP contribution in [0.1, 0.15) is 39.8 Å². The van der Waals surface area contributed by atoms with Crippen LogP contribution in [0.25, 0.3) is 11.1 Å². The van der Waals surface area contributed by atoms with Gasteiger partial charge >= 0.3 is 0 Å². The summed E-state index contributed by atoms with van der Waals surface area (Å²) in [4.78, 5) is 28.5. The zero-order valence-corrected chi connectivity index (χ0v) is 15.0. The molecular weight excluding hydrogens is 340 g/mol. The lowest BCUT2D eigenvalue weighted by atomic mass is 10.0. The summed E-state index contributed by atoms with van der Waals surface area (Å²) in [6.45, 7) is 1.90. The van der Waals surface area contributed by atoms with Crippen LogP contribution in [-0.4, -0.2) is 26.9 Å². The third kappa shape index (κ3) is 4.46. The van der Waals surface area contributed by atoms with E-state index in [1.54, 1.807) is 24.3 Å². The number of aromatic nitrogens is 1. The van der Waals surface area contributed by atoms with E-state index >= 15 is 0 Å². The van der Waals surface area contributed by atoms with Crippen molar-refractivity contribution >= 4 is 11.7 Å². The minimum Gasteiger partial charge on any atom is -0.294 e. The Labute approximate surface area is 157 Å². The van der Waals surface area contributed by atoms with E-state index in [-0.39, 0.29) is 18.0 Å². The lowest BCUT2D eigenvalue weighted by Gasteiger charge is -2.15. The smallest absolute Gasteiger partial charge is 0.294 e. The molecule has 5 nitrogen and oxygen atoms in total. The predicted octanol–water partition coefficient (Wildman–Crippen LogP) is 4.37. The zero-order chi connectivity index (χ0) is 19.2. The van der Waals surface area contributed by atoms with Crippen molar-refractivity contribution in [1.82, 2.24) is 10.0 Å². The number of Topliss-reactive ketones (excluding diaryl/α,β-unsaturated/α-hetero) is 1. The molecule has 1 aromatic heterocycles. The molecule has 136 valence electrons. The molecule has 0 aliphatic rings. The molecule has 3 rings (SSSR count). The lowest BCUT2D eigenvalue weighted by molar-refractivity contribution is -0.0652. The number of amides is 1. The highest BCUT2D eigenvalue weighted by Gasteiger charge is 2.16. The van der Waals surface area contributed by atoms with Crippen molar-refractivity contribution in [2.45, 2.75) is 19.9 Å². The summed E-state index contributed by atoms with van der Waals surface area (Å²) >= 11 is 0. The molecule has 0 spiro atoms. The topological polar surface area (TPSA) is 70.5 Å². The molecule has 0 aliphatic heterocycles. The van der Waals surface area contributed by atoms with Gasteiger partial charge in [-0.3, -0.25) is 19.8 Å². The van der Waals surface area contributed by atoms with E-state index in [9.17, 15) is 14.8 Å². The Morgan fingerprint density at radius 1 is 0.963 bits per heavy atom. The highest BCUT2D eigenvalue weighted by Crippen LogP contribution is 2.22. The van der Waals surface area contributed by atoms with Gasteiger partial charge in [0.25, 0.3) is 5.91 Å². The average Bonchev–Trinajstić information content (AvgIpc) is 2.73. The fraction of sp³-hybridized carbons (Fsp3) is 0.136. The van der Waals surface area contributed by atoms with Gasteiger partial charge in [0.2, 0.25) is 0 Å². The molecule has 0 unspecified atom stereocenters. The average molecular weight is 360 g/mol. The Hall–Kier alpha value is -3.31. The molecule has 3 aromatic rings. The molecule has 5 heteroatoms. The van der Waals surface area contributed by atoms with Crippen molar-refractivity contribution in [1.29, 1.82) is 0 Å². The summed E-state index contributed by atoms with van der Waals surface area (Å²) < 4.78 is 0. The van der Waals surface area contributed by atoms with Crippen LogP contribution in [0.5, 0.6) is 0 Å². The largest absolute Gasteiger partial charge is 0.296 e. The van der Waals surface area contributed by atoms with Gasteiger partial charge in [-0.05, 0) is 34.9 Å². The van der Waals surface area contributed by atoms with Crippen molar-refractivity contribution in [2.75, 3.05) is 0 Å². The number of pyridine rings is 1. The van der Waals surface area contributed by atoms with Gasteiger partial charge in [0.05, 0.1) is 6.54 Å². The maximum atomic E-state index is 12.5. The second-order valence-corrected chi connectivity index (χ2v) is 6.14. The summed E-state index contributed by atoms with van der Waals surface area (Å²) in [7, 11) is 0. The third-order valence-corrected chi connectivity index (χ3v) is 4.23. The highest BCUT2D eigenvalue weighted by atomic mass is 16.5. The van der Waals surface area contributed by atoms with E-state index in [0.29, 0.717) is 17.0 Å². The first-order valence-corrected chi connectivity index (χ1v) is 8.73. The summed E-state index contributed by atoms with van der Waals surface area (Å²) in [6.07, 6.45) is 1.95. The first kappa shape index (κ1) is 18.5. The van der Waals surface area contributed by atoms with Crippen LogP contribution in [0.15, 0.2) is 72.9 Å². The summed E-state index contributed by atoms with van der Waals surface area (Å²) in [5.74, 6) is -0.520. The number of hydroxylamine groups is 2. The van der Waals surface area contributed by atoms with E-state index in [2.05, 4.69) is 4.98 Å². The van der Waals surface area contributed by atoms with Gasteiger partial charge in [0.1, 0.15) is 5.69 Å². The lowest BCUT2D eigenvalue weighted by Crippen LogP contribution is -2.27. The number of benzene rings is 2. The fourth-order valence-corrected chi connectivity index (χ4v) is 2.76.